The highest BCUT2D eigenvalue weighted by molar-refractivity contribution is 7.98. The molecule has 7 heteroatoms. The Bertz CT molecular complexity index is 871. The topological polar surface area (TPSA) is 63.6 Å². The van der Waals surface area contributed by atoms with E-state index in [2.05, 4.69) is 15.0 Å². The van der Waals surface area contributed by atoms with Crippen LogP contribution in [0.25, 0.3) is 11.2 Å². The van der Waals surface area contributed by atoms with Crippen LogP contribution in [0.2, 0.25) is 0 Å². The van der Waals surface area contributed by atoms with E-state index in [4.69, 9.17) is 0 Å². The molecule has 0 fully saturated rings. The van der Waals surface area contributed by atoms with Crippen LogP contribution < -0.4 is 5.56 Å². The summed E-state index contributed by atoms with van der Waals surface area (Å²) in [6.07, 6.45) is 0. The lowest BCUT2D eigenvalue weighted by Crippen LogP contribution is -2.10. The number of nitrogens with one attached hydrogen (secondary N) is 1. The molecule has 0 atom stereocenters. The first-order valence-corrected chi connectivity index (χ1v) is 7.34. The van der Waals surface area contributed by atoms with E-state index in [1.165, 1.54) is 23.9 Å². The molecule has 0 unspecified atom stereocenters. The lowest BCUT2D eigenvalue weighted by molar-refractivity contribution is 0.626. The third-order valence-electron chi connectivity index (χ3n) is 3.06. The zero-order valence-corrected chi connectivity index (χ0v) is 12.4. The maximum absolute atomic E-state index is 13.2. The Morgan fingerprint density at radius 1 is 1.38 bits per heavy atom. The van der Waals surface area contributed by atoms with Gasteiger partial charge in [-0.3, -0.25) is 4.79 Å². The van der Waals surface area contributed by atoms with Crippen LogP contribution in [-0.4, -0.2) is 19.5 Å². The number of H-pyrrole nitrogens is 1. The van der Waals surface area contributed by atoms with E-state index in [1.807, 2.05) is 13.1 Å². The van der Waals surface area contributed by atoms with Gasteiger partial charge in [0, 0.05) is 12.8 Å². The average molecular weight is 304 g/mol. The standard InChI is InChI=1S/C14H13FN4OS/c1-8-16-12-11(13(20)17-8)18-14(19(12)2)21-7-9-4-3-5-10(15)6-9/h3-6H,7H2,1-2H3,(H,16,17,20). The smallest absolute Gasteiger partial charge is 0.279 e. The predicted molar refractivity (Wildman–Crippen MR) is 79.8 cm³/mol. The maximum Gasteiger partial charge on any atom is 0.279 e. The molecule has 2 aromatic heterocycles. The number of aryl methyl sites for hydroxylation is 2. The summed E-state index contributed by atoms with van der Waals surface area (Å²) in [6, 6.07) is 6.43. The normalized spacial score (nSPS) is 11.2. The van der Waals surface area contributed by atoms with Crippen molar-refractivity contribution >= 4 is 22.9 Å². The minimum absolute atomic E-state index is 0.245. The van der Waals surface area contributed by atoms with E-state index < -0.39 is 0 Å². The minimum atomic E-state index is -0.258. The summed E-state index contributed by atoms with van der Waals surface area (Å²) in [7, 11) is 1.81. The Kier molecular flexibility index (Phi) is 3.50. The van der Waals surface area contributed by atoms with E-state index in [0.717, 1.165) is 5.56 Å². The fraction of sp³-hybridized carbons (Fsp3) is 0.214. The third kappa shape index (κ3) is 2.69. The summed E-state index contributed by atoms with van der Waals surface area (Å²) >= 11 is 1.44. The molecule has 0 aliphatic rings. The highest BCUT2D eigenvalue weighted by atomic mass is 32.2. The number of halogens is 1. The third-order valence-corrected chi connectivity index (χ3v) is 4.16. The largest absolute Gasteiger partial charge is 0.309 e. The Morgan fingerprint density at radius 2 is 2.19 bits per heavy atom. The Morgan fingerprint density at radius 3 is 2.95 bits per heavy atom. The van der Waals surface area contributed by atoms with E-state index in [1.54, 1.807) is 17.6 Å². The number of rotatable bonds is 3. The van der Waals surface area contributed by atoms with Gasteiger partial charge in [-0.25, -0.2) is 14.4 Å². The fourth-order valence-electron chi connectivity index (χ4n) is 2.06. The molecule has 0 amide bonds. The monoisotopic (exact) mass is 304 g/mol. The van der Waals surface area contributed by atoms with Crippen LogP contribution in [0.3, 0.4) is 0 Å². The molecular weight excluding hydrogens is 291 g/mol. The Balaban J connectivity index is 1.93. The van der Waals surface area contributed by atoms with Crippen LogP contribution in [0.5, 0.6) is 0 Å². The van der Waals surface area contributed by atoms with Gasteiger partial charge >= 0.3 is 0 Å². The number of benzene rings is 1. The average Bonchev–Trinajstić information content (AvgIpc) is 2.74. The molecule has 21 heavy (non-hydrogen) atoms. The predicted octanol–water partition coefficient (Wildman–Crippen LogP) is 2.40. The van der Waals surface area contributed by atoms with Crippen LogP contribution in [0, 0.1) is 12.7 Å². The van der Waals surface area contributed by atoms with Crippen molar-refractivity contribution in [2.24, 2.45) is 7.05 Å². The fourth-order valence-corrected chi connectivity index (χ4v) is 2.98. The first-order valence-electron chi connectivity index (χ1n) is 6.35. The number of nitrogens with zero attached hydrogens (tertiary/aromatic N) is 3. The molecule has 3 aromatic rings. The van der Waals surface area contributed by atoms with Gasteiger partial charge in [-0.05, 0) is 24.6 Å². The lowest BCUT2D eigenvalue weighted by Gasteiger charge is -2.02. The van der Waals surface area contributed by atoms with Gasteiger partial charge in [0.25, 0.3) is 5.56 Å². The first kappa shape index (κ1) is 13.8. The van der Waals surface area contributed by atoms with Gasteiger partial charge < -0.3 is 9.55 Å². The van der Waals surface area contributed by atoms with Crippen molar-refractivity contribution in [1.82, 2.24) is 19.5 Å². The summed E-state index contributed by atoms with van der Waals surface area (Å²) in [4.78, 5) is 23.1. The van der Waals surface area contributed by atoms with Crippen LogP contribution in [0.4, 0.5) is 4.39 Å². The van der Waals surface area contributed by atoms with Crippen LogP contribution in [0.15, 0.2) is 34.2 Å². The highest BCUT2D eigenvalue weighted by Gasteiger charge is 2.13. The molecule has 5 nitrogen and oxygen atoms in total. The molecule has 2 heterocycles. The SMILES string of the molecule is Cc1nc2c(nc(SCc3cccc(F)c3)n2C)c(=O)[nH]1. The summed E-state index contributed by atoms with van der Waals surface area (Å²) in [6.45, 7) is 1.73. The number of aromatic amines is 1. The van der Waals surface area contributed by atoms with Gasteiger partial charge in [-0.2, -0.15) is 0 Å². The Hall–Kier alpha value is -2.15. The van der Waals surface area contributed by atoms with E-state index in [9.17, 15) is 9.18 Å². The van der Waals surface area contributed by atoms with Crippen molar-refractivity contribution in [1.29, 1.82) is 0 Å². The quantitative estimate of drug-likeness (QED) is 0.755. The maximum atomic E-state index is 13.2. The molecule has 0 aliphatic carbocycles. The van der Waals surface area contributed by atoms with Gasteiger partial charge in [0.05, 0.1) is 0 Å². The number of thioether (sulfide) groups is 1. The first-order chi connectivity index (χ1) is 10.0. The molecule has 0 saturated carbocycles. The van der Waals surface area contributed by atoms with Gasteiger partial charge in [0.1, 0.15) is 11.6 Å². The van der Waals surface area contributed by atoms with Crippen LogP contribution in [-0.2, 0) is 12.8 Å². The molecule has 0 bridgehead atoms. The number of fused-ring (bicyclic) bond motifs is 1. The van der Waals surface area contributed by atoms with Crippen LogP contribution in [0.1, 0.15) is 11.4 Å². The molecule has 1 N–H and O–H groups in total. The molecule has 1 aromatic carbocycles. The minimum Gasteiger partial charge on any atom is -0.309 e. The van der Waals surface area contributed by atoms with Crippen LogP contribution >= 0.6 is 11.8 Å². The van der Waals surface area contributed by atoms with Gasteiger partial charge in [0.2, 0.25) is 0 Å². The molecule has 0 saturated heterocycles. The van der Waals surface area contributed by atoms with E-state index in [0.29, 0.717) is 27.9 Å². The highest BCUT2D eigenvalue weighted by Crippen LogP contribution is 2.24. The number of hydrogen-bond acceptors (Lipinski definition) is 4. The van der Waals surface area contributed by atoms with Crippen molar-refractivity contribution in [2.45, 2.75) is 17.8 Å². The Labute approximate surface area is 124 Å². The van der Waals surface area contributed by atoms with E-state index >= 15 is 0 Å². The van der Waals surface area contributed by atoms with Gasteiger partial charge in [-0.15, -0.1) is 0 Å². The summed E-state index contributed by atoms with van der Waals surface area (Å²) in [5.74, 6) is 0.871. The van der Waals surface area contributed by atoms with Crippen molar-refractivity contribution in [3.8, 4) is 0 Å². The molecular formula is C14H13FN4OS. The second-order valence-electron chi connectivity index (χ2n) is 4.70. The van der Waals surface area contributed by atoms with Gasteiger partial charge in [-0.1, -0.05) is 23.9 Å². The molecule has 3 rings (SSSR count). The van der Waals surface area contributed by atoms with E-state index in [-0.39, 0.29) is 11.4 Å². The second-order valence-corrected chi connectivity index (χ2v) is 5.64. The lowest BCUT2D eigenvalue weighted by atomic mass is 10.2. The number of imidazole rings is 1. The number of aromatic nitrogens is 4. The zero-order chi connectivity index (χ0) is 15.0. The summed E-state index contributed by atoms with van der Waals surface area (Å²) in [5, 5.41) is 0.679. The number of hydrogen-bond donors (Lipinski definition) is 1. The molecule has 0 spiro atoms. The summed E-state index contributed by atoms with van der Waals surface area (Å²) in [5.41, 5.74) is 1.50. The zero-order valence-electron chi connectivity index (χ0n) is 11.6. The summed E-state index contributed by atoms with van der Waals surface area (Å²) < 4.78 is 14.9. The van der Waals surface area contributed by atoms with Crippen molar-refractivity contribution in [3.05, 3.63) is 51.8 Å². The van der Waals surface area contributed by atoms with Crippen molar-refractivity contribution < 1.29 is 4.39 Å². The molecule has 0 aliphatic heterocycles. The van der Waals surface area contributed by atoms with Crippen molar-refractivity contribution in [3.63, 3.8) is 0 Å². The van der Waals surface area contributed by atoms with Gasteiger partial charge in [0.15, 0.2) is 16.3 Å². The second kappa shape index (κ2) is 5.33. The molecule has 0 radical (unpaired) electrons. The van der Waals surface area contributed by atoms with Crippen molar-refractivity contribution in [2.75, 3.05) is 0 Å². The molecule has 108 valence electrons.